The minimum Gasteiger partial charge on any atom is -0.507 e. The van der Waals surface area contributed by atoms with Gasteiger partial charge in [-0.05, 0) is 44.2 Å². The van der Waals surface area contributed by atoms with Crippen LogP contribution in [0.2, 0.25) is 0 Å². The molecule has 1 aliphatic heterocycles. The van der Waals surface area contributed by atoms with Crippen molar-refractivity contribution < 1.29 is 33.4 Å². The Kier molecular flexibility index (Phi) is 7.49. The molecule has 0 bridgehead atoms. The molecule has 3 aromatic rings. The number of thiazole rings is 1. The predicted octanol–water partition coefficient (Wildman–Crippen LogP) is 4.96. The number of nitrogens with zero attached hydrogens (tertiary/aromatic N) is 2. The van der Waals surface area contributed by atoms with Crippen LogP contribution in [0.5, 0.6) is 5.75 Å². The van der Waals surface area contributed by atoms with E-state index in [9.17, 15) is 19.5 Å². The predicted molar refractivity (Wildman–Crippen MR) is 136 cm³/mol. The third kappa shape index (κ3) is 4.88. The highest BCUT2D eigenvalue weighted by molar-refractivity contribution is 7.17. The fourth-order valence-corrected chi connectivity index (χ4v) is 4.90. The first-order valence-corrected chi connectivity index (χ1v) is 12.1. The molecule has 1 unspecified atom stereocenters. The number of halogens is 1. The summed E-state index contributed by atoms with van der Waals surface area (Å²) in [5.74, 6) is -3.30. The Morgan fingerprint density at radius 2 is 1.92 bits per heavy atom. The van der Waals surface area contributed by atoms with Crippen LogP contribution in [0.3, 0.4) is 0 Å². The normalized spacial score (nSPS) is 16.6. The van der Waals surface area contributed by atoms with Crippen molar-refractivity contribution in [1.29, 1.82) is 0 Å². The van der Waals surface area contributed by atoms with Gasteiger partial charge in [0.1, 0.15) is 34.9 Å². The van der Waals surface area contributed by atoms with Gasteiger partial charge in [0.15, 0.2) is 5.13 Å². The Bertz CT molecular complexity index is 1410. The van der Waals surface area contributed by atoms with E-state index in [-0.39, 0.29) is 39.9 Å². The van der Waals surface area contributed by atoms with E-state index in [2.05, 4.69) is 11.6 Å². The van der Waals surface area contributed by atoms with Gasteiger partial charge in [-0.15, -0.1) is 0 Å². The molecule has 1 saturated heterocycles. The van der Waals surface area contributed by atoms with Gasteiger partial charge < -0.3 is 14.6 Å². The zero-order chi connectivity index (χ0) is 26.7. The van der Waals surface area contributed by atoms with Gasteiger partial charge in [0, 0.05) is 11.1 Å². The number of hydrogen-bond acceptors (Lipinski definition) is 8. The zero-order valence-electron chi connectivity index (χ0n) is 20.1. The van der Waals surface area contributed by atoms with Gasteiger partial charge >= 0.3 is 11.9 Å². The van der Waals surface area contributed by atoms with Crippen LogP contribution in [0.15, 0.2) is 66.8 Å². The molecule has 190 valence electrons. The number of aromatic nitrogens is 1. The zero-order valence-corrected chi connectivity index (χ0v) is 20.9. The number of benzene rings is 2. The number of aliphatic hydroxyl groups is 1. The molecule has 0 radical (unpaired) electrons. The van der Waals surface area contributed by atoms with Crippen molar-refractivity contribution in [3.63, 3.8) is 0 Å². The molecular formula is C27H23FN2O6S. The molecule has 1 amide bonds. The van der Waals surface area contributed by atoms with Crippen LogP contribution in [0.1, 0.15) is 39.5 Å². The minimum atomic E-state index is -1.32. The highest BCUT2D eigenvalue weighted by Gasteiger charge is 2.49. The van der Waals surface area contributed by atoms with E-state index in [1.807, 2.05) is 0 Å². The number of carbonyl (C=O) groups is 3. The lowest BCUT2D eigenvalue weighted by atomic mass is 9.95. The number of carbonyl (C=O) groups excluding carboxylic acids is 3. The molecule has 4 rings (SSSR count). The SMILES string of the molecule is C=CCOc1ccc(/C(O)=C2\C(=O)C(=O)N(c3nc(C)c(C(=O)OCC)s3)C2c2ccccc2F)cc1. The van der Waals surface area contributed by atoms with Crippen LogP contribution >= 0.6 is 11.3 Å². The largest absolute Gasteiger partial charge is 0.507 e. The minimum absolute atomic E-state index is 0.00290. The quantitative estimate of drug-likeness (QED) is 0.147. The maximum atomic E-state index is 15.0. The van der Waals surface area contributed by atoms with Crippen LogP contribution in [-0.2, 0) is 14.3 Å². The monoisotopic (exact) mass is 522 g/mol. The number of rotatable bonds is 8. The Labute approximate surface area is 216 Å². The van der Waals surface area contributed by atoms with E-state index in [1.54, 1.807) is 38.1 Å². The van der Waals surface area contributed by atoms with Crippen LogP contribution in [0, 0.1) is 12.7 Å². The topological polar surface area (TPSA) is 106 Å². The second kappa shape index (κ2) is 10.8. The van der Waals surface area contributed by atoms with Crippen molar-refractivity contribution in [1.82, 2.24) is 4.98 Å². The molecule has 1 atom stereocenters. The number of aryl methyl sites for hydroxylation is 1. The van der Waals surface area contributed by atoms with Gasteiger partial charge in [0.25, 0.3) is 5.78 Å². The number of anilines is 1. The molecule has 37 heavy (non-hydrogen) atoms. The Hall–Kier alpha value is -4.31. The summed E-state index contributed by atoms with van der Waals surface area (Å²) in [6.45, 7) is 7.23. The van der Waals surface area contributed by atoms with E-state index in [0.717, 1.165) is 16.2 Å². The summed E-state index contributed by atoms with van der Waals surface area (Å²) in [6.07, 6.45) is 1.58. The molecule has 2 heterocycles. The van der Waals surface area contributed by atoms with Gasteiger partial charge in [-0.3, -0.25) is 14.5 Å². The fourth-order valence-electron chi connectivity index (χ4n) is 3.91. The number of amides is 1. The summed E-state index contributed by atoms with van der Waals surface area (Å²) >= 11 is 0.850. The van der Waals surface area contributed by atoms with Gasteiger partial charge in [0.05, 0.1) is 17.9 Å². The molecule has 2 aromatic carbocycles. The maximum Gasteiger partial charge on any atom is 0.350 e. The molecule has 0 saturated carbocycles. The van der Waals surface area contributed by atoms with Crippen LogP contribution < -0.4 is 9.64 Å². The lowest BCUT2D eigenvalue weighted by molar-refractivity contribution is -0.132. The summed E-state index contributed by atoms with van der Waals surface area (Å²) in [6, 6.07) is 10.5. The van der Waals surface area contributed by atoms with E-state index in [0.29, 0.717) is 11.4 Å². The van der Waals surface area contributed by atoms with Crippen molar-refractivity contribution in [3.8, 4) is 5.75 Å². The van der Waals surface area contributed by atoms with Crippen LogP contribution in [0.4, 0.5) is 9.52 Å². The van der Waals surface area contributed by atoms with E-state index < -0.39 is 35.3 Å². The van der Waals surface area contributed by atoms with E-state index >= 15 is 4.39 Å². The fraction of sp³-hybridized carbons (Fsp3) is 0.185. The molecule has 1 N–H and O–H groups in total. The summed E-state index contributed by atoms with van der Waals surface area (Å²) in [4.78, 5) is 44.3. The third-order valence-electron chi connectivity index (χ3n) is 5.59. The van der Waals surface area contributed by atoms with Gasteiger partial charge in [-0.1, -0.05) is 42.2 Å². The molecule has 8 nitrogen and oxygen atoms in total. The molecule has 1 fully saturated rings. The van der Waals surface area contributed by atoms with Crippen molar-refractivity contribution in [2.24, 2.45) is 0 Å². The molecule has 0 spiro atoms. The Morgan fingerprint density at radius 3 is 2.57 bits per heavy atom. The number of ether oxygens (including phenoxy) is 2. The summed E-state index contributed by atoms with van der Waals surface area (Å²) < 4.78 is 25.5. The molecule has 1 aromatic heterocycles. The standard InChI is InChI=1S/C27H23FN2O6S/c1-4-14-36-17-12-10-16(11-13-17)22(31)20-21(18-8-6-7-9-19(18)28)30(25(33)23(20)32)27-29-15(3)24(37-27)26(34)35-5-2/h4,6-13,21,31H,1,5,14H2,2-3H3/b22-20+. The van der Waals surface area contributed by atoms with Crippen molar-refractivity contribution >= 4 is 39.9 Å². The number of Topliss-reactive ketones (excluding diaryl/α,β-unsaturated/α-hetero) is 1. The van der Waals surface area contributed by atoms with Gasteiger partial charge in [-0.2, -0.15) is 0 Å². The van der Waals surface area contributed by atoms with E-state index in [1.165, 1.54) is 30.3 Å². The number of esters is 1. The molecule has 0 aliphatic carbocycles. The lowest BCUT2D eigenvalue weighted by Crippen LogP contribution is -2.29. The number of ketones is 1. The molecule has 1 aliphatic rings. The maximum absolute atomic E-state index is 15.0. The average molecular weight is 523 g/mol. The van der Waals surface area contributed by atoms with E-state index in [4.69, 9.17) is 9.47 Å². The highest BCUT2D eigenvalue weighted by atomic mass is 32.1. The second-order valence-electron chi connectivity index (χ2n) is 7.95. The Balaban J connectivity index is 1.86. The highest BCUT2D eigenvalue weighted by Crippen LogP contribution is 2.44. The Morgan fingerprint density at radius 1 is 1.22 bits per heavy atom. The lowest BCUT2D eigenvalue weighted by Gasteiger charge is -2.23. The smallest absolute Gasteiger partial charge is 0.350 e. The molecule has 10 heteroatoms. The first kappa shape index (κ1) is 25.8. The summed E-state index contributed by atoms with van der Waals surface area (Å²) in [7, 11) is 0. The van der Waals surface area contributed by atoms with Gasteiger partial charge in [0.2, 0.25) is 0 Å². The second-order valence-corrected chi connectivity index (χ2v) is 8.92. The van der Waals surface area contributed by atoms with Crippen molar-refractivity contribution in [2.45, 2.75) is 19.9 Å². The number of hydrogen-bond donors (Lipinski definition) is 1. The third-order valence-corrected chi connectivity index (χ3v) is 6.73. The number of aliphatic hydroxyl groups excluding tert-OH is 1. The van der Waals surface area contributed by atoms with Crippen LogP contribution in [0.25, 0.3) is 5.76 Å². The average Bonchev–Trinajstić information content (AvgIpc) is 3.39. The summed E-state index contributed by atoms with van der Waals surface area (Å²) in [5.41, 5.74) is 0.204. The molecular weight excluding hydrogens is 499 g/mol. The van der Waals surface area contributed by atoms with Crippen LogP contribution in [-0.4, -0.2) is 41.0 Å². The first-order valence-electron chi connectivity index (χ1n) is 11.3. The van der Waals surface area contributed by atoms with Gasteiger partial charge in [-0.25, -0.2) is 14.2 Å². The first-order chi connectivity index (χ1) is 17.8. The van der Waals surface area contributed by atoms with Crippen molar-refractivity contribution in [3.05, 3.63) is 94.3 Å². The summed E-state index contributed by atoms with van der Waals surface area (Å²) in [5, 5.41) is 11.2. The van der Waals surface area contributed by atoms with Crippen molar-refractivity contribution in [2.75, 3.05) is 18.1 Å².